The van der Waals surface area contributed by atoms with Gasteiger partial charge in [-0.15, -0.1) is 5.10 Å². The quantitative estimate of drug-likeness (QED) is 0.871. The summed E-state index contributed by atoms with van der Waals surface area (Å²) in [4.78, 5) is 10.6. The van der Waals surface area contributed by atoms with Crippen molar-refractivity contribution in [1.29, 1.82) is 0 Å². The molecule has 0 aliphatic rings. The minimum Gasteiger partial charge on any atom is -0.479 e. The van der Waals surface area contributed by atoms with E-state index in [1.54, 1.807) is 16.9 Å². The monoisotopic (exact) mass is 232 g/mol. The highest BCUT2D eigenvalue weighted by molar-refractivity contribution is 5.72. The van der Waals surface area contributed by atoms with Gasteiger partial charge in [0.05, 0.1) is 5.69 Å². The van der Waals surface area contributed by atoms with Crippen LogP contribution in [0.5, 0.6) is 5.88 Å². The lowest BCUT2D eigenvalue weighted by molar-refractivity contribution is -0.144. The van der Waals surface area contributed by atoms with E-state index >= 15 is 0 Å². The zero-order valence-corrected chi connectivity index (χ0v) is 9.28. The third-order valence-corrected chi connectivity index (χ3v) is 2.23. The van der Waals surface area contributed by atoms with Gasteiger partial charge >= 0.3 is 5.97 Å². The average molecular weight is 232 g/mol. The molecule has 17 heavy (non-hydrogen) atoms. The lowest BCUT2D eigenvalue weighted by Gasteiger charge is -2.06. The van der Waals surface area contributed by atoms with Crippen LogP contribution in [0.1, 0.15) is 6.92 Å². The lowest BCUT2D eigenvalue weighted by Crippen LogP contribution is -2.23. The highest BCUT2D eigenvalue weighted by Crippen LogP contribution is 2.12. The standard InChI is InChI=1S/C12H12N2O3/c1-9(12(15)16)17-11-7-8-14(13-11)10-5-3-2-4-6-10/h2-9H,1H3,(H,15,16)/t9-/m0/s1. The summed E-state index contributed by atoms with van der Waals surface area (Å²) < 4.78 is 6.78. The molecular formula is C12H12N2O3. The molecule has 1 aromatic heterocycles. The molecule has 2 aromatic rings. The number of nitrogens with zero attached hydrogens (tertiary/aromatic N) is 2. The number of hydrogen-bond acceptors (Lipinski definition) is 3. The summed E-state index contributed by atoms with van der Waals surface area (Å²) in [5, 5.41) is 12.8. The van der Waals surface area contributed by atoms with Gasteiger partial charge in [-0.2, -0.15) is 0 Å². The molecule has 1 heterocycles. The number of ether oxygens (including phenoxy) is 1. The Balaban J connectivity index is 2.14. The first-order valence-corrected chi connectivity index (χ1v) is 5.17. The van der Waals surface area contributed by atoms with Gasteiger partial charge in [0.25, 0.3) is 0 Å². The van der Waals surface area contributed by atoms with Crippen LogP contribution in [0.25, 0.3) is 5.69 Å². The molecule has 1 atom stereocenters. The molecule has 0 saturated carbocycles. The molecule has 0 fully saturated rings. The van der Waals surface area contributed by atoms with Gasteiger partial charge in [-0.25, -0.2) is 9.48 Å². The Morgan fingerprint density at radius 2 is 2.06 bits per heavy atom. The van der Waals surface area contributed by atoms with Crippen molar-refractivity contribution >= 4 is 5.97 Å². The van der Waals surface area contributed by atoms with E-state index in [-0.39, 0.29) is 0 Å². The first-order valence-electron chi connectivity index (χ1n) is 5.17. The molecule has 2 rings (SSSR count). The number of carboxylic acids is 1. The zero-order chi connectivity index (χ0) is 12.3. The van der Waals surface area contributed by atoms with Crippen LogP contribution in [0.3, 0.4) is 0 Å². The third kappa shape index (κ3) is 2.63. The second-order valence-corrected chi connectivity index (χ2v) is 3.53. The number of benzene rings is 1. The number of aliphatic carboxylic acids is 1. The maximum absolute atomic E-state index is 10.6. The first kappa shape index (κ1) is 11.2. The molecule has 1 N–H and O–H groups in total. The summed E-state index contributed by atoms with van der Waals surface area (Å²) in [7, 11) is 0. The summed E-state index contributed by atoms with van der Waals surface area (Å²) in [6.45, 7) is 1.46. The minimum atomic E-state index is -1.01. The topological polar surface area (TPSA) is 64.4 Å². The van der Waals surface area contributed by atoms with Crippen LogP contribution in [0.15, 0.2) is 42.6 Å². The molecule has 0 amide bonds. The molecule has 88 valence electrons. The van der Waals surface area contributed by atoms with Crippen LogP contribution in [0, 0.1) is 0 Å². The third-order valence-electron chi connectivity index (χ3n) is 2.23. The SMILES string of the molecule is C[C@H](Oc1ccn(-c2ccccc2)n1)C(=O)O. The summed E-state index contributed by atoms with van der Waals surface area (Å²) in [6, 6.07) is 11.1. The maximum Gasteiger partial charge on any atom is 0.344 e. The minimum absolute atomic E-state index is 0.295. The summed E-state index contributed by atoms with van der Waals surface area (Å²) in [5.41, 5.74) is 0.894. The van der Waals surface area contributed by atoms with Crippen molar-refractivity contribution in [2.45, 2.75) is 13.0 Å². The van der Waals surface area contributed by atoms with Crippen molar-refractivity contribution in [3.8, 4) is 11.6 Å². The van der Waals surface area contributed by atoms with E-state index in [1.165, 1.54) is 6.92 Å². The van der Waals surface area contributed by atoms with Crippen LogP contribution in [-0.2, 0) is 4.79 Å². The summed E-state index contributed by atoms with van der Waals surface area (Å²) >= 11 is 0. The van der Waals surface area contributed by atoms with Gasteiger partial charge in [-0.1, -0.05) is 18.2 Å². The molecule has 0 aliphatic heterocycles. The Labute approximate surface area is 98.3 Å². The number of para-hydroxylation sites is 1. The number of hydrogen-bond donors (Lipinski definition) is 1. The highest BCUT2D eigenvalue weighted by atomic mass is 16.5. The smallest absolute Gasteiger partial charge is 0.344 e. The van der Waals surface area contributed by atoms with Crippen molar-refractivity contribution in [3.05, 3.63) is 42.6 Å². The molecule has 0 bridgehead atoms. The number of carboxylic acid groups (broad SMARTS) is 1. The molecule has 5 heteroatoms. The Hall–Kier alpha value is -2.30. The Morgan fingerprint density at radius 3 is 2.71 bits per heavy atom. The number of rotatable bonds is 4. The van der Waals surface area contributed by atoms with Crippen molar-refractivity contribution < 1.29 is 14.6 Å². The van der Waals surface area contributed by atoms with Gasteiger partial charge in [0.1, 0.15) is 0 Å². The van der Waals surface area contributed by atoms with Gasteiger partial charge in [0.2, 0.25) is 5.88 Å². The van der Waals surface area contributed by atoms with E-state index in [0.29, 0.717) is 5.88 Å². The van der Waals surface area contributed by atoms with Crippen LogP contribution in [0.2, 0.25) is 0 Å². The van der Waals surface area contributed by atoms with E-state index in [9.17, 15) is 4.79 Å². The Morgan fingerprint density at radius 1 is 1.35 bits per heavy atom. The zero-order valence-electron chi connectivity index (χ0n) is 9.28. The fourth-order valence-corrected chi connectivity index (χ4v) is 1.33. The van der Waals surface area contributed by atoms with Gasteiger partial charge < -0.3 is 9.84 Å². The van der Waals surface area contributed by atoms with Crippen molar-refractivity contribution in [1.82, 2.24) is 9.78 Å². The largest absolute Gasteiger partial charge is 0.479 e. The molecule has 1 aromatic carbocycles. The van der Waals surface area contributed by atoms with Crippen LogP contribution < -0.4 is 4.74 Å². The predicted molar refractivity (Wildman–Crippen MR) is 61.3 cm³/mol. The van der Waals surface area contributed by atoms with Gasteiger partial charge in [-0.3, -0.25) is 0 Å². The summed E-state index contributed by atoms with van der Waals surface area (Å²) in [6.07, 6.45) is 0.813. The van der Waals surface area contributed by atoms with Crippen molar-refractivity contribution in [2.24, 2.45) is 0 Å². The van der Waals surface area contributed by atoms with Gasteiger partial charge in [0, 0.05) is 12.3 Å². The highest BCUT2D eigenvalue weighted by Gasteiger charge is 2.13. The second kappa shape index (κ2) is 4.69. The van der Waals surface area contributed by atoms with Gasteiger partial charge in [-0.05, 0) is 19.1 Å². The van der Waals surface area contributed by atoms with Crippen LogP contribution in [0.4, 0.5) is 0 Å². The molecular weight excluding hydrogens is 220 g/mol. The number of aromatic nitrogens is 2. The fraction of sp³-hybridized carbons (Fsp3) is 0.167. The molecule has 0 spiro atoms. The van der Waals surface area contributed by atoms with E-state index < -0.39 is 12.1 Å². The fourth-order valence-electron chi connectivity index (χ4n) is 1.33. The lowest BCUT2D eigenvalue weighted by atomic mass is 10.3. The molecule has 5 nitrogen and oxygen atoms in total. The van der Waals surface area contributed by atoms with E-state index in [4.69, 9.17) is 9.84 Å². The molecule has 0 aliphatic carbocycles. The molecule has 0 saturated heterocycles. The Bertz CT molecular complexity index is 507. The number of carbonyl (C=O) groups is 1. The van der Waals surface area contributed by atoms with E-state index in [0.717, 1.165) is 5.69 Å². The van der Waals surface area contributed by atoms with Crippen molar-refractivity contribution in [2.75, 3.05) is 0 Å². The van der Waals surface area contributed by atoms with Crippen LogP contribution in [-0.4, -0.2) is 27.0 Å². The average Bonchev–Trinajstić information content (AvgIpc) is 2.78. The van der Waals surface area contributed by atoms with E-state index in [1.807, 2.05) is 30.3 Å². The van der Waals surface area contributed by atoms with Gasteiger partial charge in [0.15, 0.2) is 6.10 Å². The van der Waals surface area contributed by atoms with Crippen LogP contribution >= 0.6 is 0 Å². The molecule has 0 radical (unpaired) electrons. The normalized spacial score (nSPS) is 12.1. The molecule has 0 unspecified atom stereocenters. The maximum atomic E-state index is 10.6. The predicted octanol–water partition coefficient (Wildman–Crippen LogP) is 1.72. The van der Waals surface area contributed by atoms with E-state index in [2.05, 4.69) is 5.10 Å². The first-order chi connectivity index (χ1) is 8.16. The second-order valence-electron chi connectivity index (χ2n) is 3.53. The Kier molecular flexibility index (Phi) is 3.09. The van der Waals surface area contributed by atoms with Crippen molar-refractivity contribution in [3.63, 3.8) is 0 Å². The summed E-state index contributed by atoms with van der Waals surface area (Å²) in [5.74, 6) is -0.719.